The van der Waals surface area contributed by atoms with Crippen molar-refractivity contribution in [2.45, 2.75) is 32.6 Å². The van der Waals surface area contributed by atoms with Gasteiger partial charge in [-0.15, -0.1) is 0 Å². The molecular weight excluding hydrogens is 326 g/mol. The van der Waals surface area contributed by atoms with E-state index in [1.807, 2.05) is 42.5 Å². The highest BCUT2D eigenvalue weighted by molar-refractivity contribution is 9.10. The molecule has 2 rings (SSSR count). The van der Waals surface area contributed by atoms with Crippen LogP contribution in [-0.4, -0.2) is 5.91 Å². The summed E-state index contributed by atoms with van der Waals surface area (Å²) in [5, 5.41) is 3.04. The van der Waals surface area contributed by atoms with Crippen molar-refractivity contribution in [1.29, 1.82) is 0 Å². The van der Waals surface area contributed by atoms with Crippen LogP contribution in [0.25, 0.3) is 0 Å². The van der Waals surface area contributed by atoms with E-state index < -0.39 is 0 Å². The molecular formula is C18H20BrNO. The predicted molar refractivity (Wildman–Crippen MR) is 91.6 cm³/mol. The highest BCUT2D eigenvalue weighted by Crippen LogP contribution is 2.26. The van der Waals surface area contributed by atoms with E-state index in [9.17, 15) is 4.79 Å². The summed E-state index contributed by atoms with van der Waals surface area (Å²) in [4.78, 5) is 12.2. The van der Waals surface area contributed by atoms with Gasteiger partial charge in [-0.3, -0.25) is 4.79 Å². The molecule has 0 heterocycles. The highest BCUT2D eigenvalue weighted by Gasteiger charge is 2.11. The van der Waals surface area contributed by atoms with Gasteiger partial charge in [-0.2, -0.15) is 0 Å². The van der Waals surface area contributed by atoms with Crippen molar-refractivity contribution in [2.75, 3.05) is 5.32 Å². The zero-order chi connectivity index (χ0) is 15.2. The number of para-hydroxylation sites is 1. The summed E-state index contributed by atoms with van der Waals surface area (Å²) in [5.74, 6) is 0.460. The highest BCUT2D eigenvalue weighted by atomic mass is 79.9. The van der Waals surface area contributed by atoms with E-state index in [0.29, 0.717) is 12.3 Å². The number of halogens is 1. The monoisotopic (exact) mass is 345 g/mol. The molecule has 0 unspecified atom stereocenters. The van der Waals surface area contributed by atoms with Gasteiger partial charge < -0.3 is 5.32 Å². The van der Waals surface area contributed by atoms with E-state index in [-0.39, 0.29) is 5.91 Å². The van der Waals surface area contributed by atoms with Gasteiger partial charge in [-0.05, 0) is 41.7 Å². The molecule has 0 fully saturated rings. The van der Waals surface area contributed by atoms with Crippen LogP contribution in [0.2, 0.25) is 0 Å². The van der Waals surface area contributed by atoms with E-state index in [2.05, 4.69) is 41.2 Å². The molecule has 0 spiro atoms. The average Bonchev–Trinajstić information content (AvgIpc) is 2.49. The first-order valence-corrected chi connectivity index (χ1v) is 8.02. The second-order valence-electron chi connectivity index (χ2n) is 5.25. The molecule has 110 valence electrons. The van der Waals surface area contributed by atoms with E-state index in [0.717, 1.165) is 22.1 Å². The minimum atomic E-state index is 0.0214. The Morgan fingerprint density at radius 1 is 1.14 bits per heavy atom. The average molecular weight is 346 g/mol. The summed E-state index contributed by atoms with van der Waals surface area (Å²) in [6.45, 7) is 4.34. The second kappa shape index (κ2) is 7.41. The van der Waals surface area contributed by atoms with E-state index in [1.165, 1.54) is 5.56 Å². The first kappa shape index (κ1) is 15.8. The fraction of sp³-hybridized carbons (Fsp3) is 0.278. The molecule has 3 heteroatoms. The molecule has 0 aliphatic carbocycles. The van der Waals surface area contributed by atoms with E-state index >= 15 is 0 Å². The number of anilines is 1. The molecule has 0 saturated heterocycles. The Hall–Kier alpha value is -1.61. The Morgan fingerprint density at radius 2 is 1.81 bits per heavy atom. The third-order valence-electron chi connectivity index (χ3n) is 3.66. The number of rotatable bonds is 5. The first-order chi connectivity index (χ1) is 10.1. The van der Waals surface area contributed by atoms with Crippen molar-refractivity contribution in [3.63, 3.8) is 0 Å². The molecule has 0 aliphatic heterocycles. The van der Waals surface area contributed by atoms with Crippen LogP contribution in [0, 0.1) is 0 Å². The third kappa shape index (κ3) is 4.43. The minimum absolute atomic E-state index is 0.0214. The fourth-order valence-corrected chi connectivity index (χ4v) is 2.51. The minimum Gasteiger partial charge on any atom is -0.326 e. The maximum atomic E-state index is 12.2. The lowest BCUT2D eigenvalue weighted by atomic mass is 9.97. The van der Waals surface area contributed by atoms with Crippen molar-refractivity contribution in [3.05, 3.63) is 64.1 Å². The van der Waals surface area contributed by atoms with Gasteiger partial charge in [-0.25, -0.2) is 0 Å². The Balaban J connectivity index is 2.07. The second-order valence-corrected chi connectivity index (χ2v) is 6.16. The fourth-order valence-electron chi connectivity index (χ4n) is 2.24. The van der Waals surface area contributed by atoms with Gasteiger partial charge >= 0.3 is 0 Å². The summed E-state index contributed by atoms with van der Waals surface area (Å²) in [5.41, 5.74) is 3.13. The maximum absolute atomic E-state index is 12.2. The molecule has 1 atom stereocenters. The zero-order valence-electron chi connectivity index (χ0n) is 12.4. The standard InChI is InChI=1S/C18H20BrNO/c1-3-13(2)16-6-4-5-7-17(16)20-18(21)12-14-8-10-15(19)11-9-14/h4-11,13H,3,12H2,1-2H3,(H,20,21)/t13-/m1/s1. The smallest absolute Gasteiger partial charge is 0.228 e. The lowest BCUT2D eigenvalue weighted by molar-refractivity contribution is -0.115. The van der Waals surface area contributed by atoms with Gasteiger partial charge in [0.15, 0.2) is 0 Å². The number of carbonyl (C=O) groups excluding carboxylic acids is 1. The SMILES string of the molecule is CC[C@@H](C)c1ccccc1NC(=O)Cc1ccc(Br)cc1. The third-order valence-corrected chi connectivity index (χ3v) is 4.18. The van der Waals surface area contributed by atoms with Crippen molar-refractivity contribution in [1.82, 2.24) is 0 Å². The van der Waals surface area contributed by atoms with E-state index in [1.54, 1.807) is 0 Å². The molecule has 21 heavy (non-hydrogen) atoms. The molecule has 2 aromatic rings. The first-order valence-electron chi connectivity index (χ1n) is 7.23. The van der Waals surface area contributed by atoms with Gasteiger partial charge in [0.25, 0.3) is 0 Å². The van der Waals surface area contributed by atoms with Gasteiger partial charge in [0, 0.05) is 10.2 Å². The lowest BCUT2D eigenvalue weighted by Crippen LogP contribution is -2.16. The van der Waals surface area contributed by atoms with Crippen LogP contribution in [-0.2, 0) is 11.2 Å². The largest absolute Gasteiger partial charge is 0.326 e. The summed E-state index contributed by atoms with van der Waals surface area (Å²) >= 11 is 3.40. The number of nitrogens with one attached hydrogen (secondary N) is 1. The normalized spacial score (nSPS) is 12.0. The predicted octanol–water partition coefficient (Wildman–Crippen LogP) is 5.14. The topological polar surface area (TPSA) is 29.1 Å². The number of carbonyl (C=O) groups is 1. The van der Waals surface area contributed by atoms with Gasteiger partial charge in [-0.1, -0.05) is 60.1 Å². The van der Waals surface area contributed by atoms with Crippen LogP contribution in [0.1, 0.15) is 37.3 Å². The molecule has 0 bridgehead atoms. The van der Waals surface area contributed by atoms with Crippen molar-refractivity contribution in [3.8, 4) is 0 Å². The number of hydrogen-bond acceptors (Lipinski definition) is 1. The molecule has 1 amide bonds. The summed E-state index contributed by atoms with van der Waals surface area (Å²) in [6.07, 6.45) is 1.45. The lowest BCUT2D eigenvalue weighted by Gasteiger charge is -2.15. The Labute approximate surface area is 134 Å². The molecule has 0 aromatic heterocycles. The van der Waals surface area contributed by atoms with Gasteiger partial charge in [0.1, 0.15) is 0 Å². The quantitative estimate of drug-likeness (QED) is 0.798. The maximum Gasteiger partial charge on any atom is 0.228 e. The molecule has 2 nitrogen and oxygen atoms in total. The van der Waals surface area contributed by atoms with Gasteiger partial charge in [0.05, 0.1) is 6.42 Å². The number of amides is 1. The van der Waals surface area contributed by atoms with Crippen LogP contribution in [0.15, 0.2) is 53.0 Å². The van der Waals surface area contributed by atoms with Gasteiger partial charge in [0.2, 0.25) is 5.91 Å². The molecule has 2 aromatic carbocycles. The summed E-state index contributed by atoms with van der Waals surface area (Å²) < 4.78 is 1.02. The van der Waals surface area contributed by atoms with Crippen molar-refractivity contribution >= 4 is 27.5 Å². The van der Waals surface area contributed by atoms with Crippen molar-refractivity contribution in [2.24, 2.45) is 0 Å². The number of benzene rings is 2. The van der Waals surface area contributed by atoms with Crippen LogP contribution < -0.4 is 5.32 Å². The van der Waals surface area contributed by atoms with Crippen LogP contribution in [0.3, 0.4) is 0 Å². The Bertz CT molecular complexity index is 607. The summed E-state index contributed by atoms with van der Waals surface area (Å²) in [7, 11) is 0. The molecule has 1 N–H and O–H groups in total. The molecule has 0 aliphatic rings. The van der Waals surface area contributed by atoms with Crippen LogP contribution in [0.4, 0.5) is 5.69 Å². The van der Waals surface area contributed by atoms with E-state index in [4.69, 9.17) is 0 Å². The zero-order valence-corrected chi connectivity index (χ0v) is 14.0. The van der Waals surface area contributed by atoms with Crippen LogP contribution >= 0.6 is 15.9 Å². The summed E-state index contributed by atoms with van der Waals surface area (Å²) in [6, 6.07) is 15.9. The number of hydrogen-bond donors (Lipinski definition) is 1. The van der Waals surface area contributed by atoms with Crippen molar-refractivity contribution < 1.29 is 4.79 Å². The molecule has 0 saturated carbocycles. The Kier molecular flexibility index (Phi) is 5.57. The Morgan fingerprint density at radius 3 is 2.48 bits per heavy atom. The molecule has 0 radical (unpaired) electrons. The van der Waals surface area contributed by atoms with Crippen LogP contribution in [0.5, 0.6) is 0 Å².